The molecule has 0 aliphatic heterocycles. The average molecular weight is 145 g/mol. The largest absolute Gasteiger partial charge is 0.391 e. The van der Waals surface area contributed by atoms with Gasteiger partial charge < -0.3 is 5.11 Å². The molecule has 0 saturated carbocycles. The summed E-state index contributed by atoms with van der Waals surface area (Å²) >= 11 is 0. The Morgan fingerprint density at radius 3 is 2.40 bits per heavy atom. The van der Waals surface area contributed by atoms with E-state index in [0.717, 1.165) is 6.42 Å². The molecule has 0 radical (unpaired) electrons. The average Bonchev–Trinajstić information content (AvgIpc) is 1.99. The zero-order valence-electron chi connectivity index (χ0n) is 6.58. The number of aliphatic hydroxyl groups is 1. The minimum atomic E-state index is -0.544. The lowest BCUT2D eigenvalue weighted by molar-refractivity contribution is 0.136. The normalized spacial score (nSPS) is 16.3. The van der Waals surface area contributed by atoms with Crippen LogP contribution in [0.2, 0.25) is 0 Å². The Labute approximate surface area is 61.4 Å². The Morgan fingerprint density at radius 1 is 1.50 bits per heavy atom. The third-order valence-corrected chi connectivity index (χ3v) is 1.58. The molecule has 0 rings (SSSR count). The molecule has 0 aromatic carbocycles. The van der Waals surface area contributed by atoms with Gasteiger partial charge in [-0.25, -0.2) is 0 Å². The van der Waals surface area contributed by atoms with Gasteiger partial charge in [-0.2, -0.15) is 4.91 Å². The molecule has 0 bridgehead atoms. The van der Waals surface area contributed by atoms with Gasteiger partial charge in [-0.3, -0.25) is 0 Å². The maximum Gasteiger partial charge on any atom is 0.118 e. The maximum atomic E-state index is 10.1. The molecule has 0 spiro atoms. The van der Waals surface area contributed by atoms with Crippen LogP contribution in [0.4, 0.5) is 0 Å². The predicted molar refractivity (Wildman–Crippen MR) is 40.8 cm³/mol. The molecule has 2 unspecified atom stereocenters. The highest BCUT2D eigenvalue weighted by Gasteiger charge is 2.16. The van der Waals surface area contributed by atoms with Crippen molar-refractivity contribution < 1.29 is 5.11 Å². The van der Waals surface area contributed by atoms with Gasteiger partial charge in [0.2, 0.25) is 0 Å². The fourth-order valence-corrected chi connectivity index (χ4v) is 0.883. The Morgan fingerprint density at radius 2 is 2.10 bits per heavy atom. The molecule has 0 heterocycles. The van der Waals surface area contributed by atoms with Gasteiger partial charge in [0.05, 0.1) is 6.10 Å². The molecule has 0 fully saturated rings. The summed E-state index contributed by atoms with van der Waals surface area (Å²) in [4.78, 5) is 10.1. The van der Waals surface area contributed by atoms with E-state index in [1.54, 1.807) is 0 Å². The van der Waals surface area contributed by atoms with E-state index in [1.165, 1.54) is 0 Å². The van der Waals surface area contributed by atoms with Gasteiger partial charge in [-0.15, -0.1) is 0 Å². The molecule has 0 aromatic rings. The summed E-state index contributed by atoms with van der Waals surface area (Å²) in [5.74, 6) is 0. The molecule has 60 valence electrons. The van der Waals surface area contributed by atoms with Crippen LogP contribution in [0.15, 0.2) is 5.18 Å². The Bertz CT molecular complexity index is 95.6. The van der Waals surface area contributed by atoms with Crippen molar-refractivity contribution in [3.8, 4) is 0 Å². The summed E-state index contributed by atoms with van der Waals surface area (Å²) in [6, 6.07) is -0.394. The minimum absolute atomic E-state index is 0.394. The highest BCUT2D eigenvalue weighted by Crippen LogP contribution is 2.08. The van der Waals surface area contributed by atoms with Crippen LogP contribution in [0.1, 0.15) is 33.1 Å². The van der Waals surface area contributed by atoms with Gasteiger partial charge in [0.15, 0.2) is 0 Å². The monoisotopic (exact) mass is 145 g/mol. The van der Waals surface area contributed by atoms with E-state index in [2.05, 4.69) is 5.18 Å². The van der Waals surface area contributed by atoms with Gasteiger partial charge in [0.1, 0.15) is 6.04 Å². The van der Waals surface area contributed by atoms with Crippen LogP contribution >= 0.6 is 0 Å². The number of hydrogen-bond donors (Lipinski definition) is 1. The quantitative estimate of drug-likeness (QED) is 0.598. The van der Waals surface area contributed by atoms with Crippen molar-refractivity contribution in [2.45, 2.75) is 45.3 Å². The fraction of sp³-hybridized carbons (Fsp3) is 1.00. The van der Waals surface area contributed by atoms with Crippen molar-refractivity contribution >= 4 is 0 Å². The number of nitrogens with zero attached hydrogens (tertiary/aromatic N) is 1. The van der Waals surface area contributed by atoms with Crippen molar-refractivity contribution in [1.82, 2.24) is 0 Å². The fourth-order valence-electron chi connectivity index (χ4n) is 0.883. The highest BCUT2D eigenvalue weighted by atomic mass is 16.3. The van der Waals surface area contributed by atoms with Crippen LogP contribution in [0.25, 0.3) is 0 Å². The standard InChI is InChI=1S/C7H15NO2/c1-3-5-6(8-10)7(9)4-2/h6-7,9H,3-5H2,1-2H3. The molecule has 0 aliphatic carbocycles. The van der Waals surface area contributed by atoms with Gasteiger partial charge in [-0.1, -0.05) is 25.4 Å². The second-order valence-electron chi connectivity index (χ2n) is 2.44. The third-order valence-electron chi connectivity index (χ3n) is 1.58. The molecule has 0 amide bonds. The molecule has 0 aromatic heterocycles. The number of hydrogen-bond acceptors (Lipinski definition) is 3. The van der Waals surface area contributed by atoms with Crippen LogP contribution in [0.5, 0.6) is 0 Å². The lowest BCUT2D eigenvalue weighted by atomic mass is 10.1. The first-order valence-corrected chi connectivity index (χ1v) is 3.76. The minimum Gasteiger partial charge on any atom is -0.391 e. The SMILES string of the molecule is CCCC(N=O)C(O)CC. The molecule has 10 heavy (non-hydrogen) atoms. The first kappa shape index (κ1) is 9.56. The van der Waals surface area contributed by atoms with Crippen molar-refractivity contribution in [2.75, 3.05) is 0 Å². The molecule has 0 aliphatic rings. The summed E-state index contributed by atoms with van der Waals surface area (Å²) in [6.45, 7) is 3.82. The molecular weight excluding hydrogens is 130 g/mol. The van der Waals surface area contributed by atoms with Crippen LogP contribution in [-0.2, 0) is 0 Å². The van der Waals surface area contributed by atoms with Crippen LogP contribution in [0.3, 0.4) is 0 Å². The lowest BCUT2D eigenvalue weighted by Gasteiger charge is -2.12. The van der Waals surface area contributed by atoms with Gasteiger partial charge in [0, 0.05) is 0 Å². The zero-order valence-corrected chi connectivity index (χ0v) is 6.58. The van der Waals surface area contributed by atoms with Crippen molar-refractivity contribution in [3.05, 3.63) is 4.91 Å². The second-order valence-corrected chi connectivity index (χ2v) is 2.44. The summed E-state index contributed by atoms with van der Waals surface area (Å²) < 4.78 is 0. The topological polar surface area (TPSA) is 49.7 Å². The molecule has 3 heteroatoms. The molecular formula is C7H15NO2. The van der Waals surface area contributed by atoms with E-state index in [-0.39, 0.29) is 0 Å². The molecule has 2 atom stereocenters. The van der Waals surface area contributed by atoms with Crippen LogP contribution in [0, 0.1) is 4.91 Å². The van der Waals surface area contributed by atoms with Gasteiger partial charge in [0.25, 0.3) is 0 Å². The number of nitroso groups, excluding NO2 is 1. The first-order chi connectivity index (χ1) is 4.76. The Balaban J connectivity index is 3.67. The van der Waals surface area contributed by atoms with E-state index in [1.807, 2.05) is 13.8 Å². The predicted octanol–water partition coefficient (Wildman–Crippen LogP) is 1.69. The van der Waals surface area contributed by atoms with Crippen molar-refractivity contribution in [2.24, 2.45) is 5.18 Å². The summed E-state index contributed by atoms with van der Waals surface area (Å²) in [5, 5.41) is 12.0. The van der Waals surface area contributed by atoms with Crippen LogP contribution < -0.4 is 0 Å². The van der Waals surface area contributed by atoms with Gasteiger partial charge >= 0.3 is 0 Å². The third kappa shape index (κ3) is 2.92. The Hall–Kier alpha value is -0.440. The van der Waals surface area contributed by atoms with E-state index in [9.17, 15) is 4.91 Å². The maximum absolute atomic E-state index is 10.1. The van der Waals surface area contributed by atoms with Gasteiger partial charge in [-0.05, 0) is 12.8 Å². The van der Waals surface area contributed by atoms with Crippen molar-refractivity contribution in [3.63, 3.8) is 0 Å². The lowest BCUT2D eigenvalue weighted by Crippen LogP contribution is -2.22. The van der Waals surface area contributed by atoms with E-state index in [0.29, 0.717) is 12.8 Å². The van der Waals surface area contributed by atoms with E-state index in [4.69, 9.17) is 5.11 Å². The summed E-state index contributed by atoms with van der Waals surface area (Å²) in [7, 11) is 0. The summed E-state index contributed by atoms with van der Waals surface area (Å²) in [6.07, 6.45) is 1.65. The number of rotatable bonds is 5. The second kappa shape index (κ2) is 5.35. The first-order valence-electron chi connectivity index (χ1n) is 3.76. The Kier molecular flexibility index (Phi) is 5.12. The van der Waals surface area contributed by atoms with E-state index < -0.39 is 12.1 Å². The van der Waals surface area contributed by atoms with Crippen LogP contribution in [-0.4, -0.2) is 17.3 Å². The molecule has 3 nitrogen and oxygen atoms in total. The highest BCUT2D eigenvalue weighted by molar-refractivity contribution is 4.72. The zero-order chi connectivity index (χ0) is 7.98. The van der Waals surface area contributed by atoms with Crippen molar-refractivity contribution in [1.29, 1.82) is 0 Å². The smallest absolute Gasteiger partial charge is 0.118 e. The number of aliphatic hydroxyl groups excluding tert-OH is 1. The molecule has 0 saturated heterocycles. The summed E-state index contributed by atoms with van der Waals surface area (Å²) in [5.41, 5.74) is 0. The van der Waals surface area contributed by atoms with E-state index >= 15 is 0 Å². The molecule has 1 N–H and O–H groups in total.